The molecule has 1 aliphatic rings. The fourth-order valence-electron chi connectivity index (χ4n) is 2.72. The Morgan fingerprint density at radius 3 is 2.36 bits per heavy atom. The molecular weight excluding hydrogens is 392 g/mol. The number of ether oxygens (including phenoxy) is 3. The van der Waals surface area contributed by atoms with Crippen LogP contribution in [0.4, 0.5) is 10.5 Å². The molecule has 154 valence electrons. The van der Waals surface area contributed by atoms with E-state index in [-0.39, 0.29) is 28.1 Å². The molecule has 1 fully saturated rings. The molecule has 1 aromatic carbocycles. The van der Waals surface area contributed by atoms with Crippen LogP contribution in [0.2, 0.25) is 5.02 Å². The van der Waals surface area contributed by atoms with Crippen molar-refractivity contribution in [3.05, 3.63) is 32.8 Å². The number of carbonyl (C=O) groups excluding carboxylic acids is 2. The van der Waals surface area contributed by atoms with E-state index in [1.807, 2.05) is 0 Å². The normalized spacial score (nSPS) is 15.1. The number of nitro benzene ring substituents is 1. The largest absolute Gasteiger partial charge is 0.488 e. The summed E-state index contributed by atoms with van der Waals surface area (Å²) in [6, 6.07) is 2.20. The van der Waals surface area contributed by atoms with Crippen LogP contribution in [-0.2, 0) is 9.47 Å². The van der Waals surface area contributed by atoms with Gasteiger partial charge in [0, 0.05) is 38.1 Å². The van der Waals surface area contributed by atoms with Crippen LogP contribution in [0, 0.1) is 10.1 Å². The minimum Gasteiger partial charge on any atom is -0.488 e. The van der Waals surface area contributed by atoms with Gasteiger partial charge in [-0.05, 0) is 20.8 Å². The second-order valence-electron chi connectivity index (χ2n) is 7.34. The van der Waals surface area contributed by atoms with E-state index in [1.54, 1.807) is 25.7 Å². The van der Waals surface area contributed by atoms with Gasteiger partial charge in [0.15, 0.2) is 5.75 Å². The SMILES string of the molecule is COC(=O)c1cc([N+](=O)[O-])cc(Cl)c1OC1CCN(C(=O)OC(C)(C)C)CC1. The molecule has 0 radical (unpaired) electrons. The van der Waals surface area contributed by atoms with Gasteiger partial charge >= 0.3 is 12.1 Å². The van der Waals surface area contributed by atoms with Crippen molar-refractivity contribution in [3.63, 3.8) is 0 Å². The molecule has 1 aliphatic heterocycles. The van der Waals surface area contributed by atoms with E-state index < -0.39 is 22.6 Å². The third-order valence-electron chi connectivity index (χ3n) is 4.02. The van der Waals surface area contributed by atoms with Crippen LogP contribution >= 0.6 is 11.6 Å². The van der Waals surface area contributed by atoms with Gasteiger partial charge in [-0.1, -0.05) is 11.6 Å². The Morgan fingerprint density at radius 1 is 1.25 bits per heavy atom. The molecule has 0 spiro atoms. The number of rotatable bonds is 4. The van der Waals surface area contributed by atoms with Crippen LogP contribution in [-0.4, -0.2) is 53.8 Å². The summed E-state index contributed by atoms with van der Waals surface area (Å²) in [6.45, 7) is 6.22. The molecule has 10 heteroatoms. The highest BCUT2D eigenvalue weighted by Gasteiger charge is 2.30. The number of hydrogen-bond acceptors (Lipinski definition) is 7. The maximum Gasteiger partial charge on any atom is 0.410 e. The minimum absolute atomic E-state index is 0.0369. The first-order valence-corrected chi connectivity index (χ1v) is 9.10. The van der Waals surface area contributed by atoms with Crippen LogP contribution < -0.4 is 4.74 Å². The summed E-state index contributed by atoms with van der Waals surface area (Å²) in [7, 11) is 1.16. The van der Waals surface area contributed by atoms with Gasteiger partial charge in [-0.25, -0.2) is 9.59 Å². The predicted molar refractivity (Wildman–Crippen MR) is 101 cm³/mol. The summed E-state index contributed by atoms with van der Waals surface area (Å²) in [4.78, 5) is 36.1. The van der Waals surface area contributed by atoms with Gasteiger partial charge in [-0.3, -0.25) is 10.1 Å². The summed E-state index contributed by atoms with van der Waals surface area (Å²) >= 11 is 6.13. The van der Waals surface area contributed by atoms with E-state index >= 15 is 0 Å². The third-order valence-corrected chi connectivity index (χ3v) is 4.30. The van der Waals surface area contributed by atoms with Gasteiger partial charge in [0.2, 0.25) is 0 Å². The molecule has 2 rings (SSSR count). The van der Waals surface area contributed by atoms with Crippen molar-refractivity contribution >= 4 is 29.4 Å². The molecule has 0 bridgehead atoms. The van der Waals surface area contributed by atoms with Crippen LogP contribution in [0.25, 0.3) is 0 Å². The predicted octanol–water partition coefficient (Wildman–Crippen LogP) is 3.81. The topological polar surface area (TPSA) is 108 Å². The number of benzene rings is 1. The van der Waals surface area contributed by atoms with Gasteiger partial charge in [0.25, 0.3) is 5.69 Å². The Balaban J connectivity index is 2.11. The van der Waals surface area contributed by atoms with Crippen molar-refractivity contribution in [1.29, 1.82) is 0 Å². The Hall–Kier alpha value is -2.55. The van der Waals surface area contributed by atoms with E-state index in [0.717, 1.165) is 19.2 Å². The summed E-state index contributed by atoms with van der Waals surface area (Å²) in [5.41, 5.74) is -1.03. The zero-order valence-corrected chi connectivity index (χ0v) is 16.9. The van der Waals surface area contributed by atoms with E-state index in [4.69, 9.17) is 21.1 Å². The number of non-ortho nitro benzene ring substituents is 1. The lowest BCUT2D eigenvalue weighted by atomic mass is 10.1. The Kier molecular flexibility index (Phi) is 6.71. The quantitative estimate of drug-likeness (QED) is 0.418. The molecule has 0 atom stereocenters. The van der Waals surface area contributed by atoms with Crippen LogP contribution in [0.5, 0.6) is 5.75 Å². The molecule has 0 aromatic heterocycles. The molecule has 0 aliphatic carbocycles. The number of carbonyl (C=O) groups is 2. The highest BCUT2D eigenvalue weighted by atomic mass is 35.5. The van der Waals surface area contributed by atoms with Gasteiger partial charge in [-0.2, -0.15) is 0 Å². The average molecular weight is 415 g/mol. The Bertz CT molecular complexity index is 768. The molecular formula is C18H23ClN2O7. The van der Waals surface area contributed by atoms with Crippen LogP contribution in [0.15, 0.2) is 12.1 Å². The molecule has 1 heterocycles. The molecule has 9 nitrogen and oxygen atoms in total. The molecule has 0 saturated carbocycles. The third kappa shape index (κ3) is 5.48. The second kappa shape index (κ2) is 8.64. The van der Waals surface area contributed by atoms with E-state index in [2.05, 4.69) is 4.74 Å². The summed E-state index contributed by atoms with van der Waals surface area (Å²) in [5.74, 6) is -0.748. The highest BCUT2D eigenvalue weighted by Crippen LogP contribution is 2.35. The second-order valence-corrected chi connectivity index (χ2v) is 7.74. The molecule has 28 heavy (non-hydrogen) atoms. The maximum atomic E-state index is 12.1. The lowest BCUT2D eigenvalue weighted by Crippen LogP contribution is -2.44. The van der Waals surface area contributed by atoms with Gasteiger partial charge in [0.05, 0.1) is 17.1 Å². The number of halogens is 1. The standard InChI is InChI=1S/C18H23ClN2O7/c1-18(2,3)28-17(23)20-7-5-12(6-8-20)27-15-13(16(22)26-4)9-11(21(24)25)10-14(15)19/h9-10,12H,5-8H2,1-4H3. The first-order chi connectivity index (χ1) is 13.0. The fraction of sp³-hybridized carbons (Fsp3) is 0.556. The summed E-state index contributed by atoms with van der Waals surface area (Å²) in [5, 5.41) is 11.0. The lowest BCUT2D eigenvalue weighted by Gasteiger charge is -2.33. The molecule has 0 unspecified atom stereocenters. The van der Waals surface area contributed by atoms with Crippen molar-refractivity contribution < 1.29 is 28.7 Å². The molecule has 1 saturated heterocycles. The zero-order valence-electron chi connectivity index (χ0n) is 16.2. The zero-order chi connectivity index (χ0) is 21.1. The lowest BCUT2D eigenvalue weighted by molar-refractivity contribution is -0.384. The van der Waals surface area contributed by atoms with Crippen molar-refractivity contribution in [2.75, 3.05) is 20.2 Å². The van der Waals surface area contributed by atoms with Gasteiger partial charge in [-0.15, -0.1) is 0 Å². The number of amides is 1. The number of piperidine rings is 1. The number of nitro groups is 1. The first kappa shape index (κ1) is 21.7. The summed E-state index contributed by atoms with van der Waals surface area (Å²) < 4.78 is 15.9. The Labute approximate surface area is 167 Å². The molecule has 1 amide bonds. The van der Waals surface area contributed by atoms with Crippen molar-refractivity contribution in [2.45, 2.75) is 45.3 Å². The number of methoxy groups -OCH3 is 1. The fourth-order valence-corrected chi connectivity index (χ4v) is 2.97. The van der Waals surface area contributed by atoms with E-state index in [1.165, 1.54) is 0 Å². The van der Waals surface area contributed by atoms with Crippen molar-refractivity contribution in [3.8, 4) is 5.75 Å². The first-order valence-electron chi connectivity index (χ1n) is 8.72. The molecule has 0 N–H and O–H groups in total. The number of nitrogens with zero attached hydrogens (tertiary/aromatic N) is 2. The molecule has 1 aromatic rings. The maximum absolute atomic E-state index is 12.1. The van der Waals surface area contributed by atoms with Crippen LogP contribution in [0.3, 0.4) is 0 Å². The number of hydrogen-bond donors (Lipinski definition) is 0. The smallest absolute Gasteiger partial charge is 0.410 e. The van der Waals surface area contributed by atoms with E-state index in [0.29, 0.717) is 25.9 Å². The van der Waals surface area contributed by atoms with Crippen molar-refractivity contribution in [2.24, 2.45) is 0 Å². The van der Waals surface area contributed by atoms with Crippen LogP contribution in [0.1, 0.15) is 44.0 Å². The minimum atomic E-state index is -0.785. The number of likely N-dealkylation sites (tertiary alicyclic amines) is 1. The monoisotopic (exact) mass is 414 g/mol. The van der Waals surface area contributed by atoms with Gasteiger partial charge < -0.3 is 19.1 Å². The van der Waals surface area contributed by atoms with Gasteiger partial charge in [0.1, 0.15) is 17.3 Å². The Morgan fingerprint density at radius 2 is 1.86 bits per heavy atom. The average Bonchev–Trinajstić information content (AvgIpc) is 2.61. The summed E-state index contributed by atoms with van der Waals surface area (Å²) in [6.07, 6.45) is 0.274. The van der Waals surface area contributed by atoms with Crippen molar-refractivity contribution in [1.82, 2.24) is 4.90 Å². The van der Waals surface area contributed by atoms with E-state index in [9.17, 15) is 19.7 Å². The highest BCUT2D eigenvalue weighted by molar-refractivity contribution is 6.33. The number of esters is 1.